The Balaban J connectivity index is 1.81. The number of hydrogen-bond acceptors (Lipinski definition) is 5. The van der Waals surface area contributed by atoms with Crippen molar-refractivity contribution >= 4 is 17.9 Å². The summed E-state index contributed by atoms with van der Waals surface area (Å²) in [6.45, 7) is 2.68. The number of anilines is 2. The minimum atomic E-state index is -2.79. The second-order valence-electron chi connectivity index (χ2n) is 6.89. The van der Waals surface area contributed by atoms with Gasteiger partial charge in [0.05, 0.1) is 12.1 Å². The minimum Gasteiger partial charge on any atom is -0.447 e. The van der Waals surface area contributed by atoms with E-state index in [0.29, 0.717) is 0 Å². The summed E-state index contributed by atoms with van der Waals surface area (Å²) in [5, 5.41) is 2.82. The first-order valence-electron chi connectivity index (χ1n) is 9.10. The quantitative estimate of drug-likeness (QED) is 0.630. The fraction of sp³-hybridized carbons (Fsp3) is 0.421. The number of ether oxygens (including phenoxy) is 1. The number of alkyl halides is 4. The molecular formula is C19H19F5N4O2. The van der Waals surface area contributed by atoms with Gasteiger partial charge in [-0.05, 0) is 19.1 Å². The molecule has 0 radical (unpaired) electrons. The first kappa shape index (κ1) is 21.7. The van der Waals surface area contributed by atoms with Crippen LogP contribution in [0.5, 0.6) is 0 Å². The van der Waals surface area contributed by atoms with Gasteiger partial charge >= 0.3 is 6.09 Å². The molecule has 1 saturated heterocycles. The standard InChI is InChI=1S/C19H19F5N4O2/c1-9(16(21)22)14-8-30-19(29)28(14)15-5-6-25-18(27-15)26-10(2)12-4-3-11(17(23)24)7-13(12)20/h3-7,9-10,14,16-17H,8H2,1-2H3,(H,25,26,27)/t9?,10-,14?/m0/s1. The number of rotatable bonds is 7. The van der Waals surface area contributed by atoms with Crippen LogP contribution in [-0.4, -0.2) is 35.1 Å². The molecule has 0 aliphatic carbocycles. The van der Waals surface area contributed by atoms with Crippen molar-refractivity contribution in [3.05, 3.63) is 47.4 Å². The Morgan fingerprint density at radius 3 is 2.57 bits per heavy atom. The number of nitrogens with one attached hydrogen (secondary N) is 1. The van der Waals surface area contributed by atoms with Crippen LogP contribution in [-0.2, 0) is 4.74 Å². The first-order valence-corrected chi connectivity index (χ1v) is 9.10. The Bertz CT molecular complexity index is 914. The topological polar surface area (TPSA) is 67.3 Å². The third kappa shape index (κ3) is 4.44. The zero-order valence-corrected chi connectivity index (χ0v) is 16.0. The van der Waals surface area contributed by atoms with E-state index in [1.807, 2.05) is 0 Å². The van der Waals surface area contributed by atoms with Gasteiger partial charge < -0.3 is 10.1 Å². The maximum absolute atomic E-state index is 14.2. The Kier molecular flexibility index (Phi) is 6.37. The molecule has 3 atom stereocenters. The molecule has 11 heteroatoms. The van der Waals surface area contributed by atoms with Gasteiger partial charge in [0, 0.05) is 23.2 Å². The average molecular weight is 430 g/mol. The van der Waals surface area contributed by atoms with Crippen LogP contribution in [0, 0.1) is 11.7 Å². The molecule has 1 aliphatic rings. The maximum atomic E-state index is 14.2. The van der Waals surface area contributed by atoms with Crippen molar-refractivity contribution in [2.24, 2.45) is 5.92 Å². The average Bonchev–Trinajstić information content (AvgIpc) is 3.08. The molecule has 1 aromatic carbocycles. The van der Waals surface area contributed by atoms with Crippen molar-refractivity contribution in [2.75, 3.05) is 16.8 Å². The molecule has 30 heavy (non-hydrogen) atoms. The van der Waals surface area contributed by atoms with Gasteiger partial charge in [0.2, 0.25) is 12.4 Å². The Morgan fingerprint density at radius 2 is 1.93 bits per heavy atom. The Hall–Kier alpha value is -2.98. The van der Waals surface area contributed by atoms with E-state index < -0.39 is 48.3 Å². The molecule has 0 bridgehead atoms. The molecule has 3 rings (SSSR count). The fourth-order valence-electron chi connectivity index (χ4n) is 3.11. The van der Waals surface area contributed by atoms with E-state index in [-0.39, 0.29) is 23.9 Å². The number of benzene rings is 1. The van der Waals surface area contributed by atoms with Crippen LogP contribution in [0.2, 0.25) is 0 Å². The van der Waals surface area contributed by atoms with E-state index in [0.717, 1.165) is 17.0 Å². The summed E-state index contributed by atoms with van der Waals surface area (Å²) < 4.78 is 70.8. The van der Waals surface area contributed by atoms with E-state index in [2.05, 4.69) is 15.3 Å². The van der Waals surface area contributed by atoms with E-state index in [9.17, 15) is 26.7 Å². The van der Waals surface area contributed by atoms with Crippen molar-refractivity contribution in [2.45, 2.75) is 38.8 Å². The number of hydrogen-bond donors (Lipinski definition) is 1. The highest BCUT2D eigenvalue weighted by atomic mass is 19.3. The number of carbonyl (C=O) groups is 1. The minimum absolute atomic E-state index is 0.000450. The van der Waals surface area contributed by atoms with Gasteiger partial charge in [-0.3, -0.25) is 4.90 Å². The van der Waals surface area contributed by atoms with Gasteiger partial charge in [-0.15, -0.1) is 0 Å². The molecular weight excluding hydrogens is 411 g/mol. The molecule has 2 heterocycles. The van der Waals surface area contributed by atoms with Crippen LogP contribution in [0.15, 0.2) is 30.5 Å². The number of cyclic esters (lactones) is 1. The lowest BCUT2D eigenvalue weighted by Crippen LogP contribution is -2.41. The number of amides is 1. The zero-order valence-electron chi connectivity index (χ0n) is 16.0. The third-order valence-electron chi connectivity index (χ3n) is 4.89. The lowest BCUT2D eigenvalue weighted by molar-refractivity contribution is 0.0685. The van der Waals surface area contributed by atoms with E-state index >= 15 is 0 Å². The van der Waals surface area contributed by atoms with Crippen LogP contribution in [0.3, 0.4) is 0 Å². The smallest absolute Gasteiger partial charge is 0.415 e. The number of nitrogens with zero attached hydrogens (tertiary/aromatic N) is 3. The lowest BCUT2D eigenvalue weighted by atomic mass is 10.0. The summed E-state index contributed by atoms with van der Waals surface area (Å²) in [5.74, 6) is -1.92. The highest BCUT2D eigenvalue weighted by Gasteiger charge is 2.41. The van der Waals surface area contributed by atoms with E-state index in [1.54, 1.807) is 6.92 Å². The summed E-state index contributed by atoms with van der Waals surface area (Å²) in [4.78, 5) is 21.2. The van der Waals surface area contributed by atoms with Crippen molar-refractivity contribution in [1.29, 1.82) is 0 Å². The fourth-order valence-corrected chi connectivity index (χ4v) is 3.11. The molecule has 1 aromatic heterocycles. The number of aromatic nitrogens is 2. The second-order valence-corrected chi connectivity index (χ2v) is 6.89. The van der Waals surface area contributed by atoms with Crippen LogP contribution < -0.4 is 10.2 Å². The summed E-state index contributed by atoms with van der Waals surface area (Å²) in [6.07, 6.45) is -4.95. The van der Waals surface area contributed by atoms with Gasteiger partial charge in [-0.25, -0.2) is 31.7 Å². The molecule has 2 unspecified atom stereocenters. The Morgan fingerprint density at radius 1 is 1.20 bits per heavy atom. The van der Waals surface area contributed by atoms with Gasteiger partial charge in [0.1, 0.15) is 18.2 Å². The molecule has 0 spiro atoms. The van der Waals surface area contributed by atoms with Crippen LogP contribution in [0.1, 0.15) is 37.4 Å². The monoisotopic (exact) mass is 430 g/mol. The van der Waals surface area contributed by atoms with Gasteiger partial charge in [0.15, 0.2) is 0 Å². The summed E-state index contributed by atoms with van der Waals surface area (Å²) in [5.41, 5.74) is -0.327. The largest absolute Gasteiger partial charge is 0.447 e. The summed E-state index contributed by atoms with van der Waals surface area (Å²) in [7, 11) is 0. The predicted octanol–water partition coefficient (Wildman–Crippen LogP) is 4.95. The van der Waals surface area contributed by atoms with Crippen molar-refractivity contribution in [3.63, 3.8) is 0 Å². The third-order valence-corrected chi connectivity index (χ3v) is 4.89. The Labute approximate surface area is 169 Å². The maximum Gasteiger partial charge on any atom is 0.415 e. The van der Waals surface area contributed by atoms with Crippen LogP contribution in [0.4, 0.5) is 38.5 Å². The van der Waals surface area contributed by atoms with E-state index in [4.69, 9.17) is 4.74 Å². The first-order chi connectivity index (χ1) is 14.2. The van der Waals surface area contributed by atoms with Crippen LogP contribution >= 0.6 is 0 Å². The lowest BCUT2D eigenvalue weighted by Gasteiger charge is -2.25. The molecule has 162 valence electrons. The molecule has 0 saturated carbocycles. The van der Waals surface area contributed by atoms with Gasteiger partial charge in [-0.1, -0.05) is 19.1 Å². The van der Waals surface area contributed by atoms with Crippen molar-refractivity contribution < 1.29 is 31.5 Å². The number of carbonyl (C=O) groups excluding carboxylic acids is 1. The SMILES string of the molecule is CC(C(F)F)C1COC(=O)N1c1ccnc(N[C@@H](C)c2ccc(C(F)F)cc2F)n1. The van der Waals surface area contributed by atoms with E-state index in [1.165, 1.54) is 25.3 Å². The second kappa shape index (κ2) is 8.80. The normalized spacial score (nSPS) is 18.6. The van der Waals surface area contributed by atoms with Crippen LogP contribution in [0.25, 0.3) is 0 Å². The zero-order chi connectivity index (χ0) is 22.0. The molecule has 1 aliphatic heterocycles. The molecule has 2 aromatic rings. The number of halogens is 5. The molecule has 1 fully saturated rings. The highest BCUT2D eigenvalue weighted by molar-refractivity contribution is 5.89. The van der Waals surface area contributed by atoms with Crippen molar-refractivity contribution in [3.8, 4) is 0 Å². The molecule has 6 nitrogen and oxygen atoms in total. The summed E-state index contributed by atoms with van der Waals surface area (Å²) in [6, 6.07) is 2.87. The van der Waals surface area contributed by atoms with Gasteiger partial charge in [-0.2, -0.15) is 4.98 Å². The summed E-state index contributed by atoms with van der Waals surface area (Å²) >= 11 is 0. The molecule has 1 amide bonds. The molecule has 1 N–H and O–H groups in total. The van der Waals surface area contributed by atoms with Gasteiger partial charge in [0.25, 0.3) is 6.43 Å². The highest BCUT2D eigenvalue weighted by Crippen LogP contribution is 2.30. The van der Waals surface area contributed by atoms with Crippen molar-refractivity contribution in [1.82, 2.24) is 9.97 Å². The predicted molar refractivity (Wildman–Crippen MR) is 98.2 cm³/mol.